The van der Waals surface area contributed by atoms with Crippen LogP contribution in [-0.2, 0) is 6.54 Å². The molecule has 0 unspecified atom stereocenters. The molecule has 0 heterocycles. The van der Waals surface area contributed by atoms with Gasteiger partial charge in [-0.05, 0) is 42.0 Å². The van der Waals surface area contributed by atoms with Crippen LogP contribution in [0.4, 0.5) is 10.5 Å². The fourth-order valence-electron chi connectivity index (χ4n) is 1.64. The van der Waals surface area contributed by atoms with E-state index in [1.165, 1.54) is 0 Å². The minimum atomic E-state index is -0.563. The first-order valence-corrected chi connectivity index (χ1v) is 6.61. The van der Waals surface area contributed by atoms with Gasteiger partial charge in [0.15, 0.2) is 0 Å². The van der Waals surface area contributed by atoms with Crippen molar-refractivity contribution >= 4 is 29.2 Å². The number of anilines is 1. The Balaban J connectivity index is 1.85. The molecule has 5 nitrogen and oxygen atoms in total. The van der Waals surface area contributed by atoms with Gasteiger partial charge in [0.2, 0.25) is 0 Å². The molecule has 3 amide bonds. The normalized spacial score (nSPS) is 9.95. The molecule has 0 bridgehead atoms. The lowest BCUT2D eigenvalue weighted by Gasteiger charge is -2.07. The van der Waals surface area contributed by atoms with Gasteiger partial charge in [-0.2, -0.15) is 0 Å². The maximum absolute atomic E-state index is 11.8. The minimum Gasteiger partial charge on any atom is -0.399 e. The van der Waals surface area contributed by atoms with Crippen molar-refractivity contribution in [3.8, 4) is 0 Å². The van der Waals surface area contributed by atoms with Gasteiger partial charge in [-0.15, -0.1) is 0 Å². The molecule has 0 aliphatic carbocycles. The molecule has 2 rings (SSSR count). The van der Waals surface area contributed by atoms with Crippen LogP contribution in [0.1, 0.15) is 15.9 Å². The lowest BCUT2D eigenvalue weighted by molar-refractivity contribution is 0.0964. The Labute approximate surface area is 127 Å². The first-order chi connectivity index (χ1) is 10.0. The number of benzene rings is 2. The molecule has 0 radical (unpaired) electrons. The maximum atomic E-state index is 11.8. The summed E-state index contributed by atoms with van der Waals surface area (Å²) in [6.07, 6.45) is 0. The van der Waals surface area contributed by atoms with Crippen LogP contribution < -0.4 is 16.4 Å². The number of hydrogen-bond donors (Lipinski definition) is 3. The first-order valence-electron chi connectivity index (χ1n) is 6.24. The van der Waals surface area contributed by atoms with Gasteiger partial charge >= 0.3 is 6.03 Å². The standard InChI is InChI=1S/C15H14ClN3O2/c16-12-5-1-10(2-6-12)9-18-15(21)19-14(20)11-3-7-13(17)8-4-11/h1-8H,9,17H2,(H2,18,19,20,21). The number of hydrogen-bond acceptors (Lipinski definition) is 3. The van der Waals surface area contributed by atoms with E-state index in [0.717, 1.165) is 5.56 Å². The van der Waals surface area contributed by atoms with Crippen molar-refractivity contribution in [1.29, 1.82) is 0 Å². The molecule has 0 aliphatic heterocycles. The summed E-state index contributed by atoms with van der Waals surface area (Å²) in [5, 5.41) is 5.46. The fourth-order valence-corrected chi connectivity index (χ4v) is 1.76. The third kappa shape index (κ3) is 4.50. The molecule has 0 atom stereocenters. The number of nitrogens with one attached hydrogen (secondary N) is 2. The quantitative estimate of drug-likeness (QED) is 0.762. The van der Waals surface area contributed by atoms with Gasteiger partial charge in [0, 0.05) is 22.8 Å². The van der Waals surface area contributed by atoms with Crippen LogP contribution in [0.3, 0.4) is 0 Å². The van der Waals surface area contributed by atoms with Crippen LogP contribution in [0.25, 0.3) is 0 Å². The van der Waals surface area contributed by atoms with Crippen molar-refractivity contribution in [2.24, 2.45) is 0 Å². The second kappa shape index (κ2) is 6.76. The summed E-state index contributed by atoms with van der Waals surface area (Å²) < 4.78 is 0. The largest absolute Gasteiger partial charge is 0.399 e. The predicted octanol–water partition coefficient (Wildman–Crippen LogP) is 2.56. The smallest absolute Gasteiger partial charge is 0.321 e. The molecule has 0 aromatic heterocycles. The lowest BCUT2D eigenvalue weighted by atomic mass is 10.2. The molecule has 108 valence electrons. The molecule has 21 heavy (non-hydrogen) atoms. The van der Waals surface area contributed by atoms with E-state index in [1.807, 2.05) is 0 Å². The van der Waals surface area contributed by atoms with Crippen LogP contribution in [0.15, 0.2) is 48.5 Å². The summed E-state index contributed by atoms with van der Waals surface area (Å²) >= 11 is 5.77. The van der Waals surface area contributed by atoms with E-state index in [9.17, 15) is 9.59 Å². The van der Waals surface area contributed by atoms with E-state index in [-0.39, 0.29) is 0 Å². The summed E-state index contributed by atoms with van der Waals surface area (Å²) in [6.45, 7) is 0.304. The van der Waals surface area contributed by atoms with Crippen molar-refractivity contribution in [3.63, 3.8) is 0 Å². The van der Waals surface area contributed by atoms with Crippen molar-refractivity contribution in [2.75, 3.05) is 5.73 Å². The topological polar surface area (TPSA) is 84.2 Å². The van der Waals surface area contributed by atoms with E-state index >= 15 is 0 Å². The minimum absolute atomic E-state index is 0.304. The number of halogens is 1. The van der Waals surface area contributed by atoms with Crippen molar-refractivity contribution in [2.45, 2.75) is 6.54 Å². The number of imide groups is 1. The van der Waals surface area contributed by atoms with Crippen LogP contribution in [0.5, 0.6) is 0 Å². The molecule has 0 fully saturated rings. The molecule has 6 heteroatoms. The average Bonchev–Trinajstić information content (AvgIpc) is 2.47. The van der Waals surface area contributed by atoms with Gasteiger partial charge in [0.05, 0.1) is 0 Å². The van der Waals surface area contributed by atoms with E-state index in [1.54, 1.807) is 48.5 Å². The number of carbonyl (C=O) groups is 2. The fraction of sp³-hybridized carbons (Fsp3) is 0.0667. The number of nitrogen functional groups attached to an aromatic ring is 1. The Morgan fingerprint density at radius 1 is 1.00 bits per heavy atom. The number of nitrogens with two attached hydrogens (primary N) is 1. The van der Waals surface area contributed by atoms with E-state index < -0.39 is 11.9 Å². The van der Waals surface area contributed by atoms with Crippen molar-refractivity contribution in [1.82, 2.24) is 10.6 Å². The molecule has 0 saturated heterocycles. The van der Waals surface area contributed by atoms with Gasteiger partial charge in [-0.3, -0.25) is 10.1 Å². The highest BCUT2D eigenvalue weighted by Gasteiger charge is 2.09. The zero-order chi connectivity index (χ0) is 15.2. The van der Waals surface area contributed by atoms with Crippen LogP contribution in [-0.4, -0.2) is 11.9 Å². The van der Waals surface area contributed by atoms with Crippen molar-refractivity contribution < 1.29 is 9.59 Å². The highest BCUT2D eigenvalue weighted by molar-refractivity contribution is 6.30. The molecule has 0 aliphatic rings. The Kier molecular flexibility index (Phi) is 4.79. The summed E-state index contributed by atoms with van der Waals surface area (Å²) in [7, 11) is 0. The van der Waals surface area contributed by atoms with Gasteiger partial charge in [0.1, 0.15) is 0 Å². The molecule has 0 saturated carbocycles. The number of amides is 3. The summed E-state index contributed by atoms with van der Waals surface area (Å²) in [6, 6.07) is 12.8. The van der Waals surface area contributed by atoms with Gasteiger partial charge in [0.25, 0.3) is 5.91 Å². The lowest BCUT2D eigenvalue weighted by Crippen LogP contribution is -2.39. The van der Waals surface area contributed by atoms with Crippen LogP contribution in [0, 0.1) is 0 Å². The second-order valence-electron chi connectivity index (χ2n) is 4.39. The SMILES string of the molecule is Nc1ccc(C(=O)NC(=O)NCc2ccc(Cl)cc2)cc1. The summed E-state index contributed by atoms with van der Waals surface area (Å²) in [4.78, 5) is 23.4. The Hall–Kier alpha value is -2.53. The molecular weight excluding hydrogens is 290 g/mol. The van der Waals surface area contributed by atoms with Crippen LogP contribution in [0.2, 0.25) is 5.02 Å². The molecule has 4 N–H and O–H groups in total. The third-order valence-electron chi connectivity index (χ3n) is 2.77. The summed E-state index contributed by atoms with van der Waals surface area (Å²) in [5.74, 6) is -0.483. The summed E-state index contributed by atoms with van der Waals surface area (Å²) in [5.41, 5.74) is 7.34. The van der Waals surface area contributed by atoms with E-state index in [2.05, 4.69) is 10.6 Å². The highest BCUT2D eigenvalue weighted by Crippen LogP contribution is 2.09. The third-order valence-corrected chi connectivity index (χ3v) is 3.02. The molecule has 2 aromatic rings. The van der Waals surface area contributed by atoms with E-state index in [4.69, 9.17) is 17.3 Å². The number of urea groups is 1. The number of rotatable bonds is 3. The van der Waals surface area contributed by atoms with Crippen LogP contribution >= 0.6 is 11.6 Å². The maximum Gasteiger partial charge on any atom is 0.321 e. The molecule has 2 aromatic carbocycles. The van der Waals surface area contributed by atoms with Gasteiger partial charge in [-0.1, -0.05) is 23.7 Å². The highest BCUT2D eigenvalue weighted by atomic mass is 35.5. The zero-order valence-electron chi connectivity index (χ0n) is 11.1. The molecule has 0 spiro atoms. The monoisotopic (exact) mass is 303 g/mol. The Morgan fingerprint density at radius 3 is 2.24 bits per heavy atom. The van der Waals surface area contributed by atoms with E-state index in [0.29, 0.717) is 22.8 Å². The average molecular weight is 304 g/mol. The van der Waals surface area contributed by atoms with Gasteiger partial charge < -0.3 is 11.1 Å². The Morgan fingerprint density at radius 2 is 1.62 bits per heavy atom. The second-order valence-corrected chi connectivity index (χ2v) is 4.82. The zero-order valence-corrected chi connectivity index (χ0v) is 11.9. The van der Waals surface area contributed by atoms with Gasteiger partial charge in [-0.25, -0.2) is 4.79 Å². The van der Waals surface area contributed by atoms with Crippen molar-refractivity contribution in [3.05, 3.63) is 64.7 Å². The molecular formula is C15H14ClN3O2. The predicted molar refractivity (Wildman–Crippen MR) is 82.0 cm³/mol. The Bertz CT molecular complexity index is 639. The first kappa shape index (κ1) is 14.9. The number of carbonyl (C=O) groups excluding carboxylic acids is 2.